The molecule has 1 aliphatic rings. The van der Waals surface area contributed by atoms with Crippen LogP contribution in [0.1, 0.15) is 27.7 Å². The summed E-state index contributed by atoms with van der Waals surface area (Å²) >= 11 is 0. The maximum Gasteiger partial charge on any atom is 0.0647 e. The van der Waals surface area contributed by atoms with E-state index >= 15 is 0 Å². The van der Waals surface area contributed by atoms with Crippen LogP contribution in [-0.4, -0.2) is 30.7 Å². The Hall–Kier alpha value is -0.0800. The summed E-state index contributed by atoms with van der Waals surface area (Å²) in [6, 6.07) is 0.643. The van der Waals surface area contributed by atoms with E-state index in [4.69, 9.17) is 0 Å². The topological polar surface area (TPSA) is 15.3 Å². The Morgan fingerprint density at radius 2 is 1.91 bits per heavy atom. The minimum absolute atomic E-state index is 0.347. The fourth-order valence-electron chi connectivity index (χ4n) is 1.90. The highest BCUT2D eigenvalue weighted by Gasteiger charge is 2.34. The van der Waals surface area contributed by atoms with Gasteiger partial charge >= 0.3 is 0 Å². The second-order valence-corrected chi connectivity index (χ2v) is 4.78. The fourth-order valence-corrected chi connectivity index (χ4v) is 1.90. The van der Waals surface area contributed by atoms with Crippen LogP contribution in [0.4, 0.5) is 0 Å². The molecule has 0 saturated carbocycles. The first kappa shape index (κ1) is 9.01. The van der Waals surface area contributed by atoms with Gasteiger partial charge < -0.3 is 0 Å². The zero-order valence-corrected chi connectivity index (χ0v) is 8.31. The Morgan fingerprint density at radius 1 is 1.36 bits per heavy atom. The second-order valence-electron chi connectivity index (χ2n) is 4.78. The standard InChI is InChI=1S/C9H20N2/c1-7-6-11(5)8(10-7)9(2,3)4/h7-8,10H,6H2,1-5H3/t7-,8?/m0/s1. The molecule has 1 fully saturated rings. The molecule has 0 aliphatic carbocycles. The second kappa shape index (κ2) is 2.76. The number of hydrogen-bond acceptors (Lipinski definition) is 2. The molecule has 0 aromatic rings. The van der Waals surface area contributed by atoms with Crippen molar-refractivity contribution >= 4 is 0 Å². The zero-order valence-electron chi connectivity index (χ0n) is 8.31. The highest BCUT2D eigenvalue weighted by Crippen LogP contribution is 2.25. The molecule has 0 amide bonds. The van der Waals surface area contributed by atoms with Gasteiger partial charge in [-0.15, -0.1) is 0 Å². The molecule has 0 radical (unpaired) electrons. The zero-order chi connectivity index (χ0) is 8.65. The Morgan fingerprint density at radius 3 is 2.09 bits per heavy atom. The van der Waals surface area contributed by atoms with Crippen LogP contribution in [0.5, 0.6) is 0 Å². The number of rotatable bonds is 0. The average molecular weight is 156 g/mol. The van der Waals surface area contributed by atoms with Gasteiger partial charge in [-0.2, -0.15) is 0 Å². The summed E-state index contributed by atoms with van der Waals surface area (Å²) in [5.74, 6) is 0. The molecule has 11 heavy (non-hydrogen) atoms. The Balaban J connectivity index is 2.60. The maximum absolute atomic E-state index is 3.57. The molecule has 0 spiro atoms. The number of nitrogens with zero attached hydrogens (tertiary/aromatic N) is 1. The molecule has 1 aliphatic heterocycles. The van der Waals surface area contributed by atoms with Crippen LogP contribution in [0.3, 0.4) is 0 Å². The Bertz CT molecular complexity index is 137. The summed E-state index contributed by atoms with van der Waals surface area (Å²) in [5.41, 5.74) is 0.347. The minimum atomic E-state index is 0.347. The Labute approximate surface area is 70.0 Å². The monoisotopic (exact) mass is 156 g/mol. The lowest BCUT2D eigenvalue weighted by Crippen LogP contribution is -2.44. The van der Waals surface area contributed by atoms with Crippen molar-refractivity contribution < 1.29 is 0 Å². The van der Waals surface area contributed by atoms with E-state index in [9.17, 15) is 0 Å². The van der Waals surface area contributed by atoms with Crippen LogP contribution in [-0.2, 0) is 0 Å². The first-order valence-electron chi connectivity index (χ1n) is 4.37. The molecule has 1 rings (SSSR count). The third-order valence-corrected chi connectivity index (χ3v) is 2.27. The van der Waals surface area contributed by atoms with Gasteiger partial charge in [-0.05, 0) is 19.4 Å². The number of likely N-dealkylation sites (N-methyl/N-ethyl adjacent to an activating group) is 1. The molecule has 1 saturated heterocycles. The van der Waals surface area contributed by atoms with Gasteiger partial charge in [0.25, 0.3) is 0 Å². The van der Waals surface area contributed by atoms with Crippen LogP contribution >= 0.6 is 0 Å². The summed E-state index contributed by atoms with van der Waals surface area (Å²) in [7, 11) is 2.19. The van der Waals surface area contributed by atoms with E-state index < -0.39 is 0 Å². The lowest BCUT2D eigenvalue weighted by Gasteiger charge is -2.32. The molecule has 0 aromatic heterocycles. The fraction of sp³-hybridized carbons (Fsp3) is 1.00. The summed E-state index contributed by atoms with van der Waals surface area (Å²) in [4.78, 5) is 2.39. The molecule has 0 aromatic carbocycles. The predicted molar refractivity (Wildman–Crippen MR) is 48.5 cm³/mol. The third-order valence-electron chi connectivity index (χ3n) is 2.27. The molecule has 66 valence electrons. The van der Waals surface area contributed by atoms with E-state index in [-0.39, 0.29) is 0 Å². The van der Waals surface area contributed by atoms with Crippen molar-refractivity contribution in [2.45, 2.75) is 39.9 Å². The first-order valence-corrected chi connectivity index (χ1v) is 4.37. The van der Waals surface area contributed by atoms with Gasteiger partial charge in [0, 0.05) is 12.6 Å². The normalized spacial score (nSPS) is 34.6. The summed E-state index contributed by atoms with van der Waals surface area (Å²) < 4.78 is 0. The number of nitrogens with one attached hydrogen (secondary N) is 1. The number of hydrogen-bond donors (Lipinski definition) is 1. The van der Waals surface area contributed by atoms with Crippen molar-refractivity contribution in [1.82, 2.24) is 10.2 Å². The van der Waals surface area contributed by atoms with Crippen molar-refractivity contribution in [3.05, 3.63) is 0 Å². The highest BCUT2D eigenvalue weighted by atomic mass is 15.3. The molecular formula is C9H20N2. The van der Waals surface area contributed by atoms with Gasteiger partial charge in [-0.3, -0.25) is 10.2 Å². The molecule has 2 nitrogen and oxygen atoms in total. The quantitative estimate of drug-likeness (QED) is 0.568. The van der Waals surface area contributed by atoms with Crippen LogP contribution in [0.2, 0.25) is 0 Å². The lowest BCUT2D eigenvalue weighted by atomic mass is 9.92. The molecular weight excluding hydrogens is 136 g/mol. The van der Waals surface area contributed by atoms with Gasteiger partial charge in [0.1, 0.15) is 0 Å². The summed E-state index contributed by atoms with van der Waals surface area (Å²) in [6.07, 6.45) is 0.539. The van der Waals surface area contributed by atoms with Crippen LogP contribution < -0.4 is 5.32 Å². The van der Waals surface area contributed by atoms with Crippen molar-refractivity contribution in [1.29, 1.82) is 0 Å². The van der Waals surface area contributed by atoms with Crippen LogP contribution in [0.25, 0.3) is 0 Å². The summed E-state index contributed by atoms with van der Waals surface area (Å²) in [5, 5.41) is 3.57. The third kappa shape index (κ3) is 1.94. The first-order chi connectivity index (χ1) is 4.91. The van der Waals surface area contributed by atoms with E-state index in [1.54, 1.807) is 0 Å². The van der Waals surface area contributed by atoms with Crippen LogP contribution in [0.15, 0.2) is 0 Å². The molecule has 1 N–H and O–H groups in total. The van der Waals surface area contributed by atoms with Crippen LogP contribution in [0, 0.1) is 5.41 Å². The Kier molecular flexibility index (Phi) is 2.26. The molecule has 1 unspecified atom stereocenters. The molecule has 2 heteroatoms. The van der Waals surface area contributed by atoms with Gasteiger partial charge in [0.15, 0.2) is 0 Å². The van der Waals surface area contributed by atoms with Crippen molar-refractivity contribution in [3.63, 3.8) is 0 Å². The van der Waals surface area contributed by atoms with Gasteiger partial charge in [-0.25, -0.2) is 0 Å². The van der Waals surface area contributed by atoms with E-state index in [2.05, 4.69) is 45.0 Å². The predicted octanol–water partition coefficient (Wildman–Crippen LogP) is 1.28. The lowest BCUT2D eigenvalue weighted by molar-refractivity contribution is 0.152. The largest absolute Gasteiger partial charge is 0.297 e. The molecule has 0 bridgehead atoms. The van der Waals surface area contributed by atoms with Gasteiger partial charge in [-0.1, -0.05) is 20.8 Å². The van der Waals surface area contributed by atoms with E-state index in [1.165, 1.54) is 6.54 Å². The molecule has 2 atom stereocenters. The van der Waals surface area contributed by atoms with E-state index in [0.717, 1.165) is 0 Å². The van der Waals surface area contributed by atoms with Gasteiger partial charge in [0.05, 0.1) is 6.17 Å². The summed E-state index contributed by atoms with van der Waals surface area (Å²) in [6.45, 7) is 10.2. The maximum atomic E-state index is 3.57. The average Bonchev–Trinajstić information content (AvgIpc) is 2.08. The molecule has 1 heterocycles. The van der Waals surface area contributed by atoms with Crippen molar-refractivity contribution in [2.75, 3.05) is 13.6 Å². The van der Waals surface area contributed by atoms with Gasteiger partial charge in [0.2, 0.25) is 0 Å². The van der Waals surface area contributed by atoms with Crippen molar-refractivity contribution in [3.8, 4) is 0 Å². The highest BCUT2D eigenvalue weighted by molar-refractivity contribution is 4.88. The van der Waals surface area contributed by atoms with E-state index in [1.807, 2.05) is 0 Å². The smallest absolute Gasteiger partial charge is 0.0647 e. The van der Waals surface area contributed by atoms with Crippen molar-refractivity contribution in [2.24, 2.45) is 5.41 Å². The minimum Gasteiger partial charge on any atom is -0.297 e. The van der Waals surface area contributed by atoms with E-state index in [0.29, 0.717) is 17.6 Å². The SMILES string of the molecule is C[C@H]1CN(C)C(C(C)(C)C)N1.